The second-order valence-corrected chi connectivity index (χ2v) is 7.63. The number of nitrogens with one attached hydrogen (secondary N) is 1. The molecule has 2 fully saturated rings. The SMILES string of the molecule is CCCCCN(CC1(CNC2CC2)CCCC1)C(C)C. The first-order chi connectivity index (χ1) is 9.65. The Balaban J connectivity index is 1.85. The highest BCUT2D eigenvalue weighted by Crippen LogP contribution is 2.39. The van der Waals surface area contributed by atoms with Crippen LogP contribution in [0.2, 0.25) is 0 Å². The maximum absolute atomic E-state index is 3.82. The van der Waals surface area contributed by atoms with Crippen molar-refractivity contribution < 1.29 is 0 Å². The molecular weight excluding hydrogens is 244 g/mol. The van der Waals surface area contributed by atoms with Gasteiger partial charge in [-0.05, 0) is 57.9 Å². The van der Waals surface area contributed by atoms with Crippen molar-refractivity contribution in [1.82, 2.24) is 10.2 Å². The lowest BCUT2D eigenvalue weighted by molar-refractivity contribution is 0.119. The van der Waals surface area contributed by atoms with Crippen LogP contribution in [0.5, 0.6) is 0 Å². The van der Waals surface area contributed by atoms with Crippen LogP contribution in [-0.2, 0) is 0 Å². The number of rotatable bonds is 10. The first-order valence-corrected chi connectivity index (χ1v) is 9.13. The van der Waals surface area contributed by atoms with Gasteiger partial charge in [0.15, 0.2) is 0 Å². The quantitative estimate of drug-likeness (QED) is 0.603. The van der Waals surface area contributed by atoms with Gasteiger partial charge in [0.2, 0.25) is 0 Å². The average Bonchev–Trinajstić information content (AvgIpc) is 3.15. The van der Waals surface area contributed by atoms with E-state index in [1.54, 1.807) is 0 Å². The molecule has 0 saturated heterocycles. The summed E-state index contributed by atoms with van der Waals surface area (Å²) < 4.78 is 0. The van der Waals surface area contributed by atoms with Crippen molar-refractivity contribution in [2.24, 2.45) is 5.41 Å². The van der Waals surface area contributed by atoms with E-state index in [1.807, 2.05) is 0 Å². The van der Waals surface area contributed by atoms with Crippen molar-refractivity contribution in [3.63, 3.8) is 0 Å². The molecule has 2 nitrogen and oxygen atoms in total. The smallest absolute Gasteiger partial charge is 0.00684 e. The average molecular weight is 280 g/mol. The Kier molecular flexibility index (Phi) is 6.35. The highest BCUT2D eigenvalue weighted by molar-refractivity contribution is 4.93. The van der Waals surface area contributed by atoms with E-state index in [4.69, 9.17) is 0 Å². The van der Waals surface area contributed by atoms with Crippen LogP contribution in [-0.4, -0.2) is 36.6 Å². The fourth-order valence-corrected chi connectivity index (χ4v) is 3.68. The van der Waals surface area contributed by atoms with Gasteiger partial charge in [-0.2, -0.15) is 0 Å². The first-order valence-electron chi connectivity index (χ1n) is 9.13. The molecule has 0 aliphatic heterocycles. The molecule has 2 heteroatoms. The number of hydrogen-bond acceptors (Lipinski definition) is 2. The molecule has 0 heterocycles. The van der Waals surface area contributed by atoms with Crippen molar-refractivity contribution in [2.75, 3.05) is 19.6 Å². The first kappa shape index (κ1) is 16.3. The van der Waals surface area contributed by atoms with Crippen molar-refractivity contribution in [2.45, 2.75) is 90.6 Å². The lowest BCUT2D eigenvalue weighted by Gasteiger charge is -2.38. The Labute approximate surface area is 126 Å². The van der Waals surface area contributed by atoms with Gasteiger partial charge in [-0.25, -0.2) is 0 Å². The van der Waals surface area contributed by atoms with Crippen LogP contribution in [0.3, 0.4) is 0 Å². The minimum absolute atomic E-state index is 0.582. The zero-order valence-corrected chi connectivity index (χ0v) is 14.1. The van der Waals surface area contributed by atoms with Crippen LogP contribution in [0.25, 0.3) is 0 Å². The summed E-state index contributed by atoms with van der Waals surface area (Å²) in [6.45, 7) is 11.0. The Morgan fingerprint density at radius 1 is 1.15 bits per heavy atom. The van der Waals surface area contributed by atoms with Crippen LogP contribution in [0.4, 0.5) is 0 Å². The number of nitrogens with zero attached hydrogens (tertiary/aromatic N) is 1. The maximum Gasteiger partial charge on any atom is 0.00684 e. The standard InChI is InChI=1S/C18H36N2/c1-4-5-8-13-20(16(2)3)15-18(11-6-7-12-18)14-19-17-9-10-17/h16-17,19H,4-15H2,1-3H3. The van der Waals surface area contributed by atoms with Gasteiger partial charge >= 0.3 is 0 Å². The third-order valence-corrected chi connectivity index (χ3v) is 5.32. The molecule has 0 aromatic carbocycles. The van der Waals surface area contributed by atoms with Gasteiger partial charge in [0, 0.05) is 25.2 Å². The van der Waals surface area contributed by atoms with Gasteiger partial charge in [-0.1, -0.05) is 32.6 Å². The molecule has 0 radical (unpaired) electrons. The van der Waals surface area contributed by atoms with E-state index in [0.717, 1.165) is 6.04 Å². The Morgan fingerprint density at radius 3 is 2.40 bits per heavy atom. The van der Waals surface area contributed by atoms with E-state index in [0.29, 0.717) is 11.5 Å². The molecule has 0 spiro atoms. The molecule has 2 saturated carbocycles. The van der Waals surface area contributed by atoms with Crippen LogP contribution < -0.4 is 5.32 Å². The molecule has 2 rings (SSSR count). The minimum atomic E-state index is 0.582. The van der Waals surface area contributed by atoms with E-state index in [2.05, 4.69) is 31.0 Å². The van der Waals surface area contributed by atoms with Crippen LogP contribution >= 0.6 is 0 Å². The van der Waals surface area contributed by atoms with E-state index >= 15 is 0 Å². The molecule has 0 bridgehead atoms. The molecule has 2 aliphatic rings. The fraction of sp³-hybridized carbons (Fsp3) is 1.00. The summed E-state index contributed by atoms with van der Waals surface area (Å²) in [6, 6.07) is 1.56. The molecule has 0 atom stereocenters. The van der Waals surface area contributed by atoms with Gasteiger partial charge in [0.05, 0.1) is 0 Å². The van der Waals surface area contributed by atoms with Crippen molar-refractivity contribution >= 4 is 0 Å². The summed E-state index contributed by atoms with van der Waals surface area (Å²) in [5, 5.41) is 3.82. The lowest BCUT2D eigenvalue weighted by atomic mass is 9.84. The third-order valence-electron chi connectivity index (χ3n) is 5.32. The van der Waals surface area contributed by atoms with Crippen molar-refractivity contribution in [1.29, 1.82) is 0 Å². The van der Waals surface area contributed by atoms with Crippen molar-refractivity contribution in [3.05, 3.63) is 0 Å². The number of unbranched alkanes of at least 4 members (excludes halogenated alkanes) is 2. The molecule has 0 amide bonds. The third kappa shape index (κ3) is 5.04. The van der Waals surface area contributed by atoms with E-state index in [9.17, 15) is 0 Å². The topological polar surface area (TPSA) is 15.3 Å². The summed E-state index contributed by atoms with van der Waals surface area (Å²) >= 11 is 0. The van der Waals surface area contributed by atoms with Gasteiger partial charge in [-0.15, -0.1) is 0 Å². The molecule has 0 aromatic heterocycles. The van der Waals surface area contributed by atoms with E-state index < -0.39 is 0 Å². The predicted octanol–water partition coefficient (Wildman–Crippen LogP) is 4.20. The van der Waals surface area contributed by atoms with Gasteiger partial charge in [-0.3, -0.25) is 0 Å². The highest BCUT2D eigenvalue weighted by Gasteiger charge is 2.37. The highest BCUT2D eigenvalue weighted by atomic mass is 15.2. The second-order valence-electron chi connectivity index (χ2n) is 7.63. The summed E-state index contributed by atoms with van der Waals surface area (Å²) in [6.07, 6.45) is 12.7. The van der Waals surface area contributed by atoms with Crippen LogP contribution in [0, 0.1) is 5.41 Å². The zero-order valence-electron chi connectivity index (χ0n) is 14.1. The molecule has 1 N–H and O–H groups in total. The summed E-state index contributed by atoms with van der Waals surface area (Å²) in [4.78, 5) is 2.76. The van der Waals surface area contributed by atoms with E-state index in [1.165, 1.54) is 77.4 Å². The number of hydrogen-bond donors (Lipinski definition) is 1. The molecule has 2 aliphatic carbocycles. The monoisotopic (exact) mass is 280 g/mol. The summed E-state index contributed by atoms with van der Waals surface area (Å²) in [5.41, 5.74) is 0.582. The molecular formula is C18H36N2. The minimum Gasteiger partial charge on any atom is -0.313 e. The largest absolute Gasteiger partial charge is 0.313 e. The van der Waals surface area contributed by atoms with Crippen molar-refractivity contribution in [3.8, 4) is 0 Å². The normalized spacial score (nSPS) is 22.1. The van der Waals surface area contributed by atoms with Crippen LogP contribution in [0.15, 0.2) is 0 Å². The van der Waals surface area contributed by atoms with Gasteiger partial charge in [0.1, 0.15) is 0 Å². The van der Waals surface area contributed by atoms with Crippen LogP contribution in [0.1, 0.15) is 78.6 Å². The zero-order chi connectivity index (χ0) is 14.4. The predicted molar refractivity (Wildman–Crippen MR) is 88.2 cm³/mol. The molecule has 0 aromatic rings. The fourth-order valence-electron chi connectivity index (χ4n) is 3.68. The maximum atomic E-state index is 3.82. The lowest BCUT2D eigenvalue weighted by Crippen LogP contribution is -2.45. The molecule has 20 heavy (non-hydrogen) atoms. The molecule has 0 unspecified atom stereocenters. The van der Waals surface area contributed by atoms with Gasteiger partial charge in [0.25, 0.3) is 0 Å². The summed E-state index contributed by atoms with van der Waals surface area (Å²) in [5.74, 6) is 0. The Bertz CT molecular complexity index is 265. The van der Waals surface area contributed by atoms with E-state index in [-0.39, 0.29) is 0 Å². The van der Waals surface area contributed by atoms with Gasteiger partial charge < -0.3 is 10.2 Å². The molecule has 118 valence electrons. The Morgan fingerprint density at radius 2 is 1.85 bits per heavy atom. The summed E-state index contributed by atoms with van der Waals surface area (Å²) in [7, 11) is 0. The second kappa shape index (κ2) is 7.79. The Hall–Kier alpha value is -0.0800.